The van der Waals surface area contributed by atoms with Gasteiger partial charge in [0.1, 0.15) is 6.04 Å². The van der Waals surface area contributed by atoms with E-state index >= 15 is 0 Å². The van der Waals surface area contributed by atoms with Gasteiger partial charge in [-0.05, 0) is 50.3 Å². The maximum Gasteiger partial charge on any atom is 0.320 e. The third kappa shape index (κ3) is 2.84. The maximum atomic E-state index is 11.2. The molecule has 104 valence electrons. The molecular formula is C15H21NO2S. The molecule has 1 aromatic heterocycles. The number of carboxylic acids is 1. The number of rotatable bonds is 4. The van der Waals surface area contributed by atoms with E-state index < -0.39 is 5.97 Å². The van der Waals surface area contributed by atoms with Crippen LogP contribution in [0, 0.1) is 0 Å². The highest BCUT2D eigenvalue weighted by Crippen LogP contribution is 2.38. The van der Waals surface area contributed by atoms with Gasteiger partial charge in [0.2, 0.25) is 0 Å². The third-order valence-corrected chi connectivity index (χ3v) is 5.68. The molecule has 1 aliphatic carbocycles. The highest BCUT2D eigenvalue weighted by molar-refractivity contribution is 7.12. The summed E-state index contributed by atoms with van der Waals surface area (Å²) in [5.74, 6) is 0.109. The Morgan fingerprint density at radius 1 is 1.26 bits per heavy atom. The van der Waals surface area contributed by atoms with E-state index in [0.29, 0.717) is 0 Å². The molecule has 1 aliphatic heterocycles. The SMILES string of the molecule is O=C(O)[C@@H]1CCCN1Cc1ccc(C2CCCC2)s1. The van der Waals surface area contributed by atoms with Crippen LogP contribution in [0.25, 0.3) is 0 Å². The van der Waals surface area contributed by atoms with Crippen LogP contribution in [0.1, 0.15) is 54.2 Å². The molecule has 3 rings (SSSR count). The first-order valence-electron chi connectivity index (χ1n) is 7.29. The Morgan fingerprint density at radius 3 is 2.79 bits per heavy atom. The normalized spacial score (nSPS) is 25.2. The molecule has 0 unspecified atom stereocenters. The van der Waals surface area contributed by atoms with E-state index in [1.807, 2.05) is 11.3 Å². The van der Waals surface area contributed by atoms with Gasteiger partial charge < -0.3 is 5.11 Å². The zero-order valence-corrected chi connectivity index (χ0v) is 12.0. The van der Waals surface area contributed by atoms with Gasteiger partial charge in [-0.15, -0.1) is 11.3 Å². The molecule has 3 nitrogen and oxygen atoms in total. The monoisotopic (exact) mass is 279 g/mol. The van der Waals surface area contributed by atoms with E-state index in [2.05, 4.69) is 17.0 Å². The van der Waals surface area contributed by atoms with Gasteiger partial charge in [-0.25, -0.2) is 0 Å². The van der Waals surface area contributed by atoms with Crippen molar-refractivity contribution in [1.29, 1.82) is 0 Å². The molecule has 2 heterocycles. The lowest BCUT2D eigenvalue weighted by molar-refractivity contribution is -0.142. The number of carboxylic acid groups (broad SMARTS) is 1. The minimum absolute atomic E-state index is 0.267. The number of hydrogen-bond donors (Lipinski definition) is 1. The standard InChI is InChI=1S/C15H21NO2S/c17-15(18)13-6-3-9-16(13)10-12-7-8-14(19-12)11-4-1-2-5-11/h7-8,11,13H,1-6,9-10H2,(H,17,18)/t13-/m0/s1. The van der Waals surface area contributed by atoms with Crippen LogP contribution >= 0.6 is 11.3 Å². The van der Waals surface area contributed by atoms with Crippen molar-refractivity contribution in [1.82, 2.24) is 4.90 Å². The quantitative estimate of drug-likeness (QED) is 0.917. The van der Waals surface area contributed by atoms with E-state index in [1.54, 1.807) is 0 Å². The zero-order chi connectivity index (χ0) is 13.2. The number of likely N-dealkylation sites (tertiary alicyclic amines) is 1. The van der Waals surface area contributed by atoms with Gasteiger partial charge in [-0.2, -0.15) is 0 Å². The summed E-state index contributed by atoms with van der Waals surface area (Å²) in [5, 5.41) is 9.20. The van der Waals surface area contributed by atoms with Crippen LogP contribution in [0.5, 0.6) is 0 Å². The highest BCUT2D eigenvalue weighted by atomic mass is 32.1. The number of carbonyl (C=O) groups is 1. The summed E-state index contributed by atoms with van der Waals surface area (Å²) in [6, 6.07) is 4.20. The summed E-state index contributed by atoms with van der Waals surface area (Å²) in [5.41, 5.74) is 0. The summed E-state index contributed by atoms with van der Waals surface area (Å²) >= 11 is 1.90. The number of aliphatic carboxylic acids is 1. The maximum absolute atomic E-state index is 11.2. The molecule has 2 fully saturated rings. The average molecular weight is 279 g/mol. The van der Waals surface area contributed by atoms with Gasteiger partial charge in [-0.3, -0.25) is 9.69 Å². The fourth-order valence-electron chi connectivity index (χ4n) is 3.40. The van der Waals surface area contributed by atoms with Crippen molar-refractivity contribution < 1.29 is 9.90 Å². The molecule has 0 aromatic carbocycles. The molecular weight excluding hydrogens is 258 g/mol. The van der Waals surface area contributed by atoms with Gasteiger partial charge in [0.25, 0.3) is 0 Å². The first-order valence-corrected chi connectivity index (χ1v) is 8.11. The minimum atomic E-state index is -0.662. The molecule has 1 saturated carbocycles. The molecule has 2 aliphatic rings. The second-order valence-corrected chi connectivity index (χ2v) is 6.95. The average Bonchev–Trinajstić information content (AvgIpc) is 3.09. The molecule has 0 radical (unpaired) electrons. The highest BCUT2D eigenvalue weighted by Gasteiger charge is 2.30. The van der Waals surface area contributed by atoms with Crippen LogP contribution in [0.2, 0.25) is 0 Å². The summed E-state index contributed by atoms with van der Waals surface area (Å²) in [4.78, 5) is 16.1. The Morgan fingerprint density at radius 2 is 2.05 bits per heavy atom. The third-order valence-electron chi connectivity index (χ3n) is 4.45. The molecule has 1 aromatic rings. The smallest absolute Gasteiger partial charge is 0.320 e. The lowest BCUT2D eigenvalue weighted by Crippen LogP contribution is -2.35. The Labute approximate surface area is 118 Å². The van der Waals surface area contributed by atoms with Crippen molar-refractivity contribution in [3.05, 3.63) is 21.9 Å². The summed E-state index contributed by atoms with van der Waals surface area (Å²) in [6.45, 7) is 1.74. The number of thiophene rings is 1. The number of nitrogens with zero attached hydrogens (tertiary/aromatic N) is 1. The largest absolute Gasteiger partial charge is 0.480 e. The molecule has 1 atom stereocenters. The summed E-state index contributed by atoms with van der Waals surface area (Å²) in [6.07, 6.45) is 7.22. The van der Waals surface area contributed by atoms with E-state index in [4.69, 9.17) is 0 Å². The van der Waals surface area contributed by atoms with Crippen molar-refractivity contribution in [3.63, 3.8) is 0 Å². The topological polar surface area (TPSA) is 40.5 Å². The van der Waals surface area contributed by atoms with Gasteiger partial charge in [0, 0.05) is 16.3 Å². The summed E-state index contributed by atoms with van der Waals surface area (Å²) in [7, 11) is 0. The van der Waals surface area contributed by atoms with E-state index in [9.17, 15) is 9.90 Å². The lowest BCUT2D eigenvalue weighted by Gasteiger charge is -2.19. The van der Waals surface area contributed by atoms with Gasteiger partial charge in [0.15, 0.2) is 0 Å². The Hall–Kier alpha value is -0.870. The second kappa shape index (κ2) is 5.63. The molecule has 1 N–H and O–H groups in total. The minimum Gasteiger partial charge on any atom is -0.480 e. The van der Waals surface area contributed by atoms with Crippen LogP contribution in [0.4, 0.5) is 0 Å². The first-order chi connectivity index (χ1) is 9.24. The molecule has 0 amide bonds. The second-order valence-electron chi connectivity index (χ2n) is 5.75. The van der Waals surface area contributed by atoms with Crippen molar-refractivity contribution in [3.8, 4) is 0 Å². The van der Waals surface area contributed by atoms with Crippen molar-refractivity contribution in [2.45, 2.75) is 57.0 Å². The van der Waals surface area contributed by atoms with Gasteiger partial charge in [0.05, 0.1) is 0 Å². The molecule has 4 heteroatoms. The zero-order valence-electron chi connectivity index (χ0n) is 11.2. The Balaban J connectivity index is 1.65. The van der Waals surface area contributed by atoms with E-state index in [-0.39, 0.29) is 6.04 Å². The van der Waals surface area contributed by atoms with Gasteiger partial charge in [-0.1, -0.05) is 12.8 Å². The van der Waals surface area contributed by atoms with Crippen LogP contribution in [0.3, 0.4) is 0 Å². The fourth-order valence-corrected chi connectivity index (χ4v) is 4.61. The van der Waals surface area contributed by atoms with Crippen LogP contribution in [-0.4, -0.2) is 28.6 Å². The first kappa shape index (κ1) is 13.1. The summed E-state index contributed by atoms with van der Waals surface area (Å²) < 4.78 is 0. The predicted molar refractivity (Wildman–Crippen MR) is 76.6 cm³/mol. The number of hydrogen-bond acceptors (Lipinski definition) is 3. The van der Waals surface area contributed by atoms with Gasteiger partial charge >= 0.3 is 5.97 Å². The Kier molecular flexibility index (Phi) is 3.89. The molecule has 0 spiro atoms. The van der Waals surface area contributed by atoms with E-state index in [0.717, 1.165) is 31.8 Å². The fraction of sp³-hybridized carbons (Fsp3) is 0.667. The van der Waals surface area contributed by atoms with Crippen LogP contribution < -0.4 is 0 Å². The van der Waals surface area contributed by atoms with Crippen molar-refractivity contribution in [2.75, 3.05) is 6.54 Å². The Bertz CT molecular complexity index is 451. The van der Waals surface area contributed by atoms with Crippen molar-refractivity contribution >= 4 is 17.3 Å². The van der Waals surface area contributed by atoms with E-state index in [1.165, 1.54) is 35.4 Å². The van der Waals surface area contributed by atoms with Crippen LogP contribution in [-0.2, 0) is 11.3 Å². The van der Waals surface area contributed by atoms with Crippen molar-refractivity contribution in [2.24, 2.45) is 0 Å². The lowest BCUT2D eigenvalue weighted by atomic mass is 10.1. The predicted octanol–water partition coefficient (Wildman–Crippen LogP) is 3.45. The van der Waals surface area contributed by atoms with Crippen LogP contribution in [0.15, 0.2) is 12.1 Å². The molecule has 1 saturated heterocycles. The molecule has 19 heavy (non-hydrogen) atoms. The molecule has 0 bridgehead atoms.